The summed E-state index contributed by atoms with van der Waals surface area (Å²) in [5, 5.41) is 0. The van der Waals surface area contributed by atoms with Crippen molar-refractivity contribution >= 4 is 17.9 Å². The number of rotatable bonds is 44. The Labute approximate surface area is 381 Å². The first-order valence-corrected chi connectivity index (χ1v) is 25.3. The summed E-state index contributed by atoms with van der Waals surface area (Å²) >= 11 is 0. The Morgan fingerprint density at radius 3 is 1.21 bits per heavy atom. The predicted molar refractivity (Wildman–Crippen MR) is 265 cm³/mol. The van der Waals surface area contributed by atoms with E-state index in [9.17, 15) is 14.4 Å². The molecule has 0 bridgehead atoms. The standard InChI is InChI=1S/C56H92O6/c1-4-7-10-13-16-19-22-25-27-28-29-32-34-37-40-43-46-49-55(58)61-52-53(51-60-54(57)48-45-42-39-36-33-30-24-21-18-15-12-9-6-3)62-56(59)50-47-44-41-38-35-31-26-23-20-17-14-11-8-5-2/h8-9,11-12,15,17-18,20-21,24-27,30-31,33,53H,4-7,10,13-14,16,19,22-23,28-29,32,34-52H2,1-3H3/b11-8-,12-9-,18-15-,20-17-,24-21-,27-25-,31-26-,33-30-. The molecule has 1 atom stereocenters. The third-order valence-electron chi connectivity index (χ3n) is 10.4. The van der Waals surface area contributed by atoms with Crippen LogP contribution in [0.1, 0.15) is 220 Å². The van der Waals surface area contributed by atoms with Crippen molar-refractivity contribution in [2.24, 2.45) is 0 Å². The van der Waals surface area contributed by atoms with E-state index < -0.39 is 6.10 Å². The van der Waals surface area contributed by atoms with Gasteiger partial charge in [0.1, 0.15) is 13.2 Å². The maximum Gasteiger partial charge on any atom is 0.306 e. The summed E-state index contributed by atoms with van der Waals surface area (Å²) in [6, 6.07) is 0. The number of ether oxygens (including phenoxy) is 3. The number of allylic oxidation sites excluding steroid dienone is 16. The fourth-order valence-electron chi connectivity index (χ4n) is 6.64. The van der Waals surface area contributed by atoms with Crippen LogP contribution >= 0.6 is 0 Å². The molecule has 0 aromatic rings. The molecule has 0 N–H and O–H groups in total. The van der Waals surface area contributed by atoms with E-state index in [2.05, 4.69) is 81.5 Å². The molecule has 6 heteroatoms. The molecule has 0 fully saturated rings. The lowest BCUT2D eigenvalue weighted by Crippen LogP contribution is -2.30. The molecule has 0 rings (SSSR count). The Morgan fingerprint density at radius 1 is 0.355 bits per heavy atom. The molecule has 0 aromatic heterocycles. The van der Waals surface area contributed by atoms with Crippen LogP contribution < -0.4 is 0 Å². The van der Waals surface area contributed by atoms with E-state index in [1.165, 1.54) is 77.0 Å². The van der Waals surface area contributed by atoms with Gasteiger partial charge in [0.2, 0.25) is 0 Å². The SMILES string of the molecule is CC\C=C/C=C\C=C/C=C\CCCCCC(=O)OCC(COC(=O)CCCCCCCCC/C=C\CCCCCCCC)OC(=O)CCCCCC/C=C\C/C=C\C/C=C\CC. The molecule has 62 heavy (non-hydrogen) atoms. The zero-order valence-corrected chi connectivity index (χ0v) is 40.1. The summed E-state index contributed by atoms with van der Waals surface area (Å²) in [4.78, 5) is 37.9. The molecule has 0 spiro atoms. The summed E-state index contributed by atoms with van der Waals surface area (Å²) in [5.41, 5.74) is 0. The molecule has 0 amide bonds. The zero-order chi connectivity index (χ0) is 45.1. The van der Waals surface area contributed by atoms with Crippen LogP contribution in [-0.2, 0) is 28.6 Å². The van der Waals surface area contributed by atoms with Crippen LogP contribution in [0.2, 0.25) is 0 Å². The van der Waals surface area contributed by atoms with Crippen molar-refractivity contribution < 1.29 is 28.6 Å². The van der Waals surface area contributed by atoms with Crippen LogP contribution in [0.25, 0.3) is 0 Å². The average Bonchev–Trinajstić information content (AvgIpc) is 3.27. The smallest absolute Gasteiger partial charge is 0.306 e. The Balaban J connectivity index is 4.47. The molecule has 0 heterocycles. The van der Waals surface area contributed by atoms with Crippen molar-refractivity contribution in [2.45, 2.75) is 226 Å². The van der Waals surface area contributed by atoms with Gasteiger partial charge < -0.3 is 14.2 Å². The van der Waals surface area contributed by atoms with Gasteiger partial charge in [0.25, 0.3) is 0 Å². The normalized spacial score (nSPS) is 12.9. The van der Waals surface area contributed by atoms with Gasteiger partial charge in [0.15, 0.2) is 6.10 Å². The minimum Gasteiger partial charge on any atom is -0.462 e. The topological polar surface area (TPSA) is 78.9 Å². The lowest BCUT2D eigenvalue weighted by molar-refractivity contribution is -0.167. The molecule has 6 nitrogen and oxygen atoms in total. The van der Waals surface area contributed by atoms with Crippen molar-refractivity contribution in [3.63, 3.8) is 0 Å². The first kappa shape index (κ1) is 58.3. The van der Waals surface area contributed by atoms with Gasteiger partial charge in [0.05, 0.1) is 0 Å². The van der Waals surface area contributed by atoms with E-state index in [1.54, 1.807) is 0 Å². The highest BCUT2D eigenvalue weighted by atomic mass is 16.6. The maximum absolute atomic E-state index is 12.8. The summed E-state index contributed by atoms with van der Waals surface area (Å²) in [7, 11) is 0. The van der Waals surface area contributed by atoms with Crippen LogP contribution in [0.15, 0.2) is 97.2 Å². The molecule has 0 saturated carbocycles. The predicted octanol–water partition coefficient (Wildman–Crippen LogP) is 16.6. The highest BCUT2D eigenvalue weighted by Crippen LogP contribution is 2.13. The summed E-state index contributed by atoms with van der Waals surface area (Å²) in [6.07, 6.45) is 65.3. The molecular formula is C56H92O6. The number of unbranched alkanes of at least 4 members (excludes halogenated alkanes) is 20. The maximum atomic E-state index is 12.8. The summed E-state index contributed by atoms with van der Waals surface area (Å²) in [5.74, 6) is -0.975. The highest BCUT2D eigenvalue weighted by Gasteiger charge is 2.19. The van der Waals surface area contributed by atoms with Crippen LogP contribution in [-0.4, -0.2) is 37.2 Å². The molecule has 0 aliphatic heterocycles. The van der Waals surface area contributed by atoms with Gasteiger partial charge in [-0.2, -0.15) is 0 Å². The van der Waals surface area contributed by atoms with Crippen LogP contribution in [0.4, 0.5) is 0 Å². The van der Waals surface area contributed by atoms with Crippen molar-refractivity contribution in [1.82, 2.24) is 0 Å². The second-order valence-corrected chi connectivity index (χ2v) is 16.4. The van der Waals surface area contributed by atoms with Crippen LogP contribution in [0.3, 0.4) is 0 Å². The van der Waals surface area contributed by atoms with Gasteiger partial charge in [0, 0.05) is 19.3 Å². The van der Waals surface area contributed by atoms with Gasteiger partial charge >= 0.3 is 17.9 Å². The van der Waals surface area contributed by atoms with Crippen LogP contribution in [0.5, 0.6) is 0 Å². The van der Waals surface area contributed by atoms with Gasteiger partial charge in [-0.05, 0) is 96.3 Å². The van der Waals surface area contributed by atoms with Gasteiger partial charge in [-0.1, -0.05) is 201 Å². The van der Waals surface area contributed by atoms with Crippen molar-refractivity contribution in [3.8, 4) is 0 Å². The Kier molecular flexibility index (Phi) is 47.0. The fraction of sp³-hybridized carbons (Fsp3) is 0.661. The summed E-state index contributed by atoms with van der Waals surface area (Å²) < 4.78 is 16.7. The van der Waals surface area contributed by atoms with Crippen molar-refractivity contribution in [2.75, 3.05) is 13.2 Å². The van der Waals surface area contributed by atoms with E-state index in [-0.39, 0.29) is 31.1 Å². The van der Waals surface area contributed by atoms with E-state index in [0.29, 0.717) is 19.3 Å². The number of carbonyl (C=O) groups excluding carboxylic acids is 3. The lowest BCUT2D eigenvalue weighted by Gasteiger charge is -2.18. The lowest BCUT2D eigenvalue weighted by atomic mass is 10.1. The molecule has 352 valence electrons. The van der Waals surface area contributed by atoms with Gasteiger partial charge in [-0.25, -0.2) is 0 Å². The minimum absolute atomic E-state index is 0.103. The third kappa shape index (κ3) is 47.4. The molecule has 0 radical (unpaired) electrons. The van der Waals surface area contributed by atoms with E-state index in [0.717, 1.165) is 103 Å². The number of carbonyl (C=O) groups is 3. The molecular weight excluding hydrogens is 769 g/mol. The second kappa shape index (κ2) is 50.0. The first-order chi connectivity index (χ1) is 30.5. The van der Waals surface area contributed by atoms with Crippen molar-refractivity contribution in [1.29, 1.82) is 0 Å². The van der Waals surface area contributed by atoms with Crippen LogP contribution in [0, 0.1) is 0 Å². The number of hydrogen-bond acceptors (Lipinski definition) is 6. The zero-order valence-electron chi connectivity index (χ0n) is 40.1. The number of esters is 3. The molecule has 0 saturated heterocycles. The van der Waals surface area contributed by atoms with Gasteiger partial charge in [-0.3, -0.25) is 14.4 Å². The first-order valence-electron chi connectivity index (χ1n) is 25.3. The fourth-order valence-corrected chi connectivity index (χ4v) is 6.64. The highest BCUT2D eigenvalue weighted by molar-refractivity contribution is 5.71. The molecule has 0 aromatic carbocycles. The summed E-state index contributed by atoms with van der Waals surface area (Å²) in [6.45, 7) is 6.31. The third-order valence-corrected chi connectivity index (χ3v) is 10.4. The Bertz CT molecular complexity index is 1260. The minimum atomic E-state index is -0.807. The second-order valence-electron chi connectivity index (χ2n) is 16.4. The quantitative estimate of drug-likeness (QED) is 0.0200. The number of hydrogen-bond donors (Lipinski definition) is 0. The van der Waals surface area contributed by atoms with E-state index in [4.69, 9.17) is 14.2 Å². The van der Waals surface area contributed by atoms with E-state index >= 15 is 0 Å². The molecule has 1 unspecified atom stereocenters. The molecule has 0 aliphatic rings. The van der Waals surface area contributed by atoms with E-state index in [1.807, 2.05) is 36.5 Å². The monoisotopic (exact) mass is 861 g/mol. The van der Waals surface area contributed by atoms with Gasteiger partial charge in [-0.15, -0.1) is 0 Å². The van der Waals surface area contributed by atoms with Crippen molar-refractivity contribution in [3.05, 3.63) is 97.2 Å². The average molecular weight is 861 g/mol. The Hall–Kier alpha value is -3.67. The largest absolute Gasteiger partial charge is 0.462 e. The molecule has 0 aliphatic carbocycles. The Morgan fingerprint density at radius 2 is 0.710 bits per heavy atom.